The number of nitrogens with one attached hydrogen (secondary N) is 2. The minimum atomic E-state index is -0.392. The lowest BCUT2D eigenvalue weighted by atomic mass is 10.2. The molecule has 1 amide bonds. The van der Waals surface area contributed by atoms with Crippen molar-refractivity contribution in [1.29, 1.82) is 0 Å². The Labute approximate surface area is 95.2 Å². The number of pyridine rings is 1. The molecule has 2 rings (SSSR count). The first kappa shape index (κ1) is 10.6. The third-order valence-electron chi connectivity index (χ3n) is 1.95. The van der Waals surface area contributed by atoms with Crippen molar-refractivity contribution >= 4 is 17.2 Å². The fraction of sp³-hybridized carbons (Fsp3) is 0.100. The van der Waals surface area contributed by atoms with Crippen LogP contribution in [0.2, 0.25) is 0 Å². The Hall–Kier alpha value is -1.95. The van der Waals surface area contributed by atoms with Crippen molar-refractivity contribution < 1.29 is 4.79 Å². The summed E-state index contributed by atoms with van der Waals surface area (Å²) in [5.41, 5.74) is -0.186. The Bertz CT molecular complexity index is 533. The van der Waals surface area contributed by atoms with E-state index >= 15 is 0 Å². The van der Waals surface area contributed by atoms with Gasteiger partial charge in [0.05, 0.1) is 6.54 Å². The van der Waals surface area contributed by atoms with Crippen molar-refractivity contribution in [1.82, 2.24) is 15.3 Å². The van der Waals surface area contributed by atoms with Gasteiger partial charge in [0.15, 0.2) is 5.43 Å². The normalized spacial score (nSPS) is 10.0. The highest BCUT2D eigenvalue weighted by atomic mass is 32.1. The molecule has 0 atom stereocenters. The largest absolute Gasteiger partial charge is 0.367 e. The summed E-state index contributed by atoms with van der Waals surface area (Å²) >= 11 is 1.45. The molecule has 2 heterocycles. The van der Waals surface area contributed by atoms with Gasteiger partial charge in [-0.05, 0) is 0 Å². The average Bonchev–Trinajstić information content (AvgIpc) is 2.79. The van der Waals surface area contributed by atoms with Gasteiger partial charge < -0.3 is 10.3 Å². The fourth-order valence-corrected chi connectivity index (χ4v) is 1.74. The quantitative estimate of drug-likeness (QED) is 0.824. The number of rotatable bonds is 3. The molecule has 6 heteroatoms. The lowest BCUT2D eigenvalue weighted by Gasteiger charge is -2.01. The van der Waals surface area contributed by atoms with Crippen LogP contribution in [0.5, 0.6) is 0 Å². The first-order valence-electron chi connectivity index (χ1n) is 4.61. The van der Waals surface area contributed by atoms with Crippen LogP contribution in [0.4, 0.5) is 0 Å². The van der Waals surface area contributed by atoms with Crippen molar-refractivity contribution in [2.45, 2.75) is 6.54 Å². The molecule has 2 aromatic heterocycles. The van der Waals surface area contributed by atoms with E-state index in [1.54, 1.807) is 6.20 Å². The van der Waals surface area contributed by atoms with Crippen molar-refractivity contribution in [3.63, 3.8) is 0 Å². The molecule has 2 N–H and O–H groups in total. The molecule has 0 radical (unpaired) electrons. The van der Waals surface area contributed by atoms with Gasteiger partial charge in [0.25, 0.3) is 5.91 Å². The smallest absolute Gasteiger partial charge is 0.257 e. The maximum absolute atomic E-state index is 11.6. The number of aromatic nitrogens is 2. The highest BCUT2D eigenvalue weighted by molar-refractivity contribution is 7.09. The molecule has 0 aromatic carbocycles. The Morgan fingerprint density at radius 1 is 1.56 bits per heavy atom. The number of aromatic amines is 1. The van der Waals surface area contributed by atoms with Gasteiger partial charge in [-0.25, -0.2) is 4.98 Å². The fourth-order valence-electron chi connectivity index (χ4n) is 1.18. The minimum Gasteiger partial charge on any atom is -0.367 e. The number of carbonyl (C=O) groups is 1. The van der Waals surface area contributed by atoms with Crippen molar-refractivity contribution in [3.8, 4) is 0 Å². The maximum Gasteiger partial charge on any atom is 0.257 e. The number of nitrogens with zero attached hydrogens (tertiary/aromatic N) is 1. The van der Waals surface area contributed by atoms with Crippen LogP contribution in [0.3, 0.4) is 0 Å². The summed E-state index contributed by atoms with van der Waals surface area (Å²) in [7, 11) is 0. The average molecular weight is 235 g/mol. The molecule has 0 bridgehead atoms. The van der Waals surface area contributed by atoms with Gasteiger partial charge in [-0.2, -0.15) is 0 Å². The number of hydrogen-bond donors (Lipinski definition) is 2. The molecule has 0 aliphatic rings. The van der Waals surface area contributed by atoms with Crippen LogP contribution >= 0.6 is 11.3 Å². The molecule has 0 saturated heterocycles. The topological polar surface area (TPSA) is 74.8 Å². The Kier molecular flexibility index (Phi) is 3.11. The van der Waals surface area contributed by atoms with Crippen LogP contribution in [0, 0.1) is 0 Å². The van der Waals surface area contributed by atoms with Gasteiger partial charge in [0, 0.05) is 30.0 Å². The molecule has 0 spiro atoms. The summed E-state index contributed by atoms with van der Waals surface area (Å²) in [6.45, 7) is 0.338. The van der Waals surface area contributed by atoms with Crippen molar-refractivity contribution in [3.05, 3.63) is 50.8 Å². The Morgan fingerprint density at radius 2 is 2.44 bits per heavy atom. The summed E-state index contributed by atoms with van der Waals surface area (Å²) in [6.07, 6.45) is 4.54. The van der Waals surface area contributed by atoms with Gasteiger partial charge in [0.2, 0.25) is 0 Å². The Morgan fingerprint density at radius 3 is 3.12 bits per heavy atom. The predicted molar refractivity (Wildman–Crippen MR) is 60.3 cm³/mol. The first-order chi connectivity index (χ1) is 7.77. The maximum atomic E-state index is 11.6. The van der Waals surface area contributed by atoms with E-state index in [-0.39, 0.29) is 11.0 Å². The zero-order valence-corrected chi connectivity index (χ0v) is 9.08. The number of thiazole rings is 1. The monoisotopic (exact) mass is 235 g/mol. The number of amides is 1. The molecule has 0 fully saturated rings. The molecule has 0 aliphatic carbocycles. The summed E-state index contributed by atoms with van der Waals surface area (Å²) in [5, 5.41) is 5.27. The van der Waals surface area contributed by atoms with E-state index in [9.17, 15) is 9.59 Å². The van der Waals surface area contributed by atoms with E-state index in [4.69, 9.17) is 0 Å². The lowest BCUT2D eigenvalue weighted by molar-refractivity contribution is 0.0949. The molecule has 5 nitrogen and oxygen atoms in total. The van der Waals surface area contributed by atoms with Crippen LogP contribution in [-0.4, -0.2) is 15.9 Å². The van der Waals surface area contributed by atoms with Crippen LogP contribution < -0.4 is 10.7 Å². The zero-order chi connectivity index (χ0) is 11.4. The van der Waals surface area contributed by atoms with Crippen LogP contribution in [-0.2, 0) is 6.54 Å². The molecule has 0 unspecified atom stereocenters. The van der Waals surface area contributed by atoms with Gasteiger partial charge in [-0.1, -0.05) is 0 Å². The summed E-state index contributed by atoms with van der Waals surface area (Å²) in [5.74, 6) is -0.392. The lowest BCUT2D eigenvalue weighted by Crippen LogP contribution is -2.27. The SMILES string of the molecule is O=C(NCc1nccs1)c1c[nH]ccc1=O. The van der Waals surface area contributed by atoms with Gasteiger partial charge in [-0.15, -0.1) is 11.3 Å². The second-order valence-corrected chi connectivity index (χ2v) is 4.01. The molecular weight excluding hydrogens is 226 g/mol. The van der Waals surface area contributed by atoms with E-state index < -0.39 is 5.91 Å². The highest BCUT2D eigenvalue weighted by Gasteiger charge is 2.09. The molecule has 0 aliphatic heterocycles. The molecule has 16 heavy (non-hydrogen) atoms. The van der Waals surface area contributed by atoms with Crippen LogP contribution in [0.15, 0.2) is 34.8 Å². The van der Waals surface area contributed by atoms with E-state index in [0.29, 0.717) is 6.54 Å². The number of H-pyrrole nitrogens is 1. The minimum absolute atomic E-state index is 0.110. The van der Waals surface area contributed by atoms with E-state index in [1.807, 2.05) is 5.38 Å². The number of hydrogen-bond acceptors (Lipinski definition) is 4. The third-order valence-corrected chi connectivity index (χ3v) is 2.73. The van der Waals surface area contributed by atoms with E-state index in [2.05, 4.69) is 15.3 Å². The van der Waals surface area contributed by atoms with E-state index in [1.165, 1.54) is 29.8 Å². The standard InChI is InChI=1S/C10H9N3O2S/c14-8-1-2-11-5-7(8)10(15)13-6-9-12-3-4-16-9/h1-5H,6H2,(H,11,14)(H,13,15). The summed E-state index contributed by atoms with van der Waals surface area (Å²) < 4.78 is 0. The second-order valence-electron chi connectivity index (χ2n) is 3.03. The molecular formula is C10H9N3O2S. The molecule has 82 valence electrons. The van der Waals surface area contributed by atoms with Crippen LogP contribution in [0.25, 0.3) is 0 Å². The highest BCUT2D eigenvalue weighted by Crippen LogP contribution is 2.02. The second kappa shape index (κ2) is 4.71. The summed E-state index contributed by atoms with van der Waals surface area (Å²) in [6, 6.07) is 1.32. The van der Waals surface area contributed by atoms with Gasteiger partial charge in [-0.3, -0.25) is 9.59 Å². The predicted octanol–water partition coefficient (Wildman–Crippen LogP) is 0.761. The van der Waals surface area contributed by atoms with Crippen molar-refractivity contribution in [2.75, 3.05) is 0 Å². The first-order valence-corrected chi connectivity index (χ1v) is 5.49. The zero-order valence-electron chi connectivity index (χ0n) is 8.27. The molecule has 0 saturated carbocycles. The van der Waals surface area contributed by atoms with E-state index in [0.717, 1.165) is 5.01 Å². The number of carbonyl (C=O) groups excluding carboxylic acids is 1. The third kappa shape index (κ3) is 2.34. The molecule has 2 aromatic rings. The van der Waals surface area contributed by atoms with Gasteiger partial charge in [0.1, 0.15) is 10.6 Å². The van der Waals surface area contributed by atoms with Crippen LogP contribution in [0.1, 0.15) is 15.4 Å². The Balaban J connectivity index is 2.04. The van der Waals surface area contributed by atoms with Crippen molar-refractivity contribution in [2.24, 2.45) is 0 Å². The summed E-state index contributed by atoms with van der Waals surface area (Å²) in [4.78, 5) is 29.7. The van der Waals surface area contributed by atoms with Gasteiger partial charge >= 0.3 is 0 Å².